The van der Waals surface area contributed by atoms with Crippen molar-refractivity contribution in [1.29, 1.82) is 0 Å². The van der Waals surface area contributed by atoms with E-state index in [1.165, 1.54) is 18.9 Å². The van der Waals surface area contributed by atoms with E-state index in [1.54, 1.807) is 24.3 Å². The standard InChI is InChI=1S/C27H33ClF3N3O5S/c1-18(26(36)32-21-7-5-4-6-8-21)33(16-19-9-12-22(39-2)13-10-19)25(35)17-34(40(3,37)38)24-15-20(27(29,30)31)11-14-23(24)28/h9-15,18,21H,4-8,16-17H2,1-3H3,(H,32,36)/t18-/m1/s1. The number of methoxy groups -OCH3 is 1. The molecule has 2 aromatic carbocycles. The van der Waals surface area contributed by atoms with E-state index in [1.807, 2.05) is 0 Å². The molecule has 0 unspecified atom stereocenters. The zero-order chi connectivity index (χ0) is 29.7. The highest BCUT2D eigenvalue weighted by atomic mass is 35.5. The summed E-state index contributed by atoms with van der Waals surface area (Å²) in [6, 6.07) is 7.95. The van der Waals surface area contributed by atoms with Crippen molar-refractivity contribution in [3.05, 3.63) is 58.6 Å². The molecule has 2 amide bonds. The van der Waals surface area contributed by atoms with Crippen LogP contribution in [0.4, 0.5) is 18.9 Å². The number of hydrogen-bond donors (Lipinski definition) is 1. The molecule has 220 valence electrons. The van der Waals surface area contributed by atoms with E-state index in [4.69, 9.17) is 16.3 Å². The van der Waals surface area contributed by atoms with E-state index >= 15 is 0 Å². The zero-order valence-corrected chi connectivity index (χ0v) is 24.1. The minimum Gasteiger partial charge on any atom is -0.497 e. The summed E-state index contributed by atoms with van der Waals surface area (Å²) in [4.78, 5) is 28.1. The van der Waals surface area contributed by atoms with Gasteiger partial charge in [-0.3, -0.25) is 13.9 Å². The Bertz CT molecular complexity index is 1300. The molecule has 13 heteroatoms. The monoisotopic (exact) mass is 603 g/mol. The van der Waals surface area contributed by atoms with Gasteiger partial charge >= 0.3 is 6.18 Å². The summed E-state index contributed by atoms with van der Waals surface area (Å²) in [7, 11) is -2.76. The Balaban J connectivity index is 1.94. The Labute approximate surface area is 237 Å². The summed E-state index contributed by atoms with van der Waals surface area (Å²) in [5, 5.41) is 2.69. The van der Waals surface area contributed by atoms with Gasteiger partial charge in [-0.05, 0) is 55.7 Å². The average Bonchev–Trinajstić information content (AvgIpc) is 2.90. The third-order valence-corrected chi connectivity index (χ3v) is 8.30. The first-order valence-electron chi connectivity index (χ1n) is 12.8. The number of rotatable bonds is 10. The number of carbonyl (C=O) groups is 2. The molecule has 0 bridgehead atoms. The number of amides is 2. The number of carbonyl (C=O) groups excluding carboxylic acids is 2. The van der Waals surface area contributed by atoms with Crippen LogP contribution in [0.5, 0.6) is 5.75 Å². The summed E-state index contributed by atoms with van der Waals surface area (Å²) >= 11 is 6.12. The molecule has 8 nitrogen and oxygen atoms in total. The lowest BCUT2D eigenvalue weighted by Gasteiger charge is -2.33. The molecule has 40 heavy (non-hydrogen) atoms. The van der Waals surface area contributed by atoms with Gasteiger partial charge < -0.3 is 15.0 Å². The first-order valence-corrected chi connectivity index (χ1v) is 15.0. The predicted molar refractivity (Wildman–Crippen MR) is 147 cm³/mol. The summed E-state index contributed by atoms with van der Waals surface area (Å²) in [5.41, 5.74) is -0.978. The van der Waals surface area contributed by atoms with Crippen LogP contribution in [-0.2, 0) is 32.3 Å². The second-order valence-corrected chi connectivity index (χ2v) is 12.1. The third-order valence-electron chi connectivity index (χ3n) is 6.85. The van der Waals surface area contributed by atoms with Crippen LogP contribution in [0, 0.1) is 0 Å². The van der Waals surface area contributed by atoms with Gasteiger partial charge in [-0.2, -0.15) is 13.2 Å². The van der Waals surface area contributed by atoms with E-state index in [2.05, 4.69) is 5.32 Å². The normalized spacial score (nSPS) is 15.3. The van der Waals surface area contributed by atoms with Gasteiger partial charge in [-0.15, -0.1) is 0 Å². The number of halogens is 4. The number of sulfonamides is 1. The average molecular weight is 604 g/mol. The summed E-state index contributed by atoms with van der Waals surface area (Å²) in [6.45, 7) is 0.606. The van der Waals surface area contributed by atoms with E-state index in [-0.39, 0.29) is 17.6 Å². The third kappa shape index (κ3) is 8.26. The fraction of sp³-hybridized carbons (Fsp3) is 0.481. The number of ether oxygens (including phenoxy) is 1. The molecule has 0 heterocycles. The molecule has 0 aliphatic heterocycles. The highest BCUT2D eigenvalue weighted by Crippen LogP contribution is 2.36. The summed E-state index contributed by atoms with van der Waals surface area (Å²) < 4.78 is 71.3. The van der Waals surface area contributed by atoms with E-state index in [0.717, 1.165) is 50.5 Å². The maximum Gasteiger partial charge on any atom is 0.416 e. The highest BCUT2D eigenvalue weighted by Gasteiger charge is 2.35. The van der Waals surface area contributed by atoms with Crippen molar-refractivity contribution in [2.24, 2.45) is 0 Å². The van der Waals surface area contributed by atoms with Crippen molar-refractivity contribution >= 4 is 39.1 Å². The van der Waals surface area contributed by atoms with Crippen LogP contribution in [0.3, 0.4) is 0 Å². The van der Waals surface area contributed by atoms with Crippen LogP contribution in [0.25, 0.3) is 0 Å². The maximum absolute atomic E-state index is 13.7. The van der Waals surface area contributed by atoms with Gasteiger partial charge in [0.05, 0.1) is 29.6 Å². The lowest BCUT2D eigenvalue weighted by atomic mass is 9.95. The number of nitrogens with zero attached hydrogens (tertiary/aromatic N) is 2. The molecule has 1 aliphatic carbocycles. The maximum atomic E-state index is 13.7. The Morgan fingerprint density at radius 2 is 1.73 bits per heavy atom. The molecule has 0 saturated heterocycles. The molecule has 0 spiro atoms. The van der Waals surface area contributed by atoms with Gasteiger partial charge in [0, 0.05) is 12.6 Å². The molecule has 2 aromatic rings. The van der Waals surface area contributed by atoms with E-state index in [9.17, 15) is 31.2 Å². The Hall–Kier alpha value is -2.99. The van der Waals surface area contributed by atoms with Crippen molar-refractivity contribution in [3.63, 3.8) is 0 Å². The quantitative estimate of drug-likeness (QED) is 0.412. The molecule has 0 radical (unpaired) electrons. The largest absolute Gasteiger partial charge is 0.497 e. The molecule has 1 fully saturated rings. The van der Waals surface area contributed by atoms with Crippen LogP contribution in [0.15, 0.2) is 42.5 Å². The van der Waals surface area contributed by atoms with Crippen LogP contribution >= 0.6 is 11.6 Å². The molecule has 0 aromatic heterocycles. The zero-order valence-electron chi connectivity index (χ0n) is 22.5. The van der Waals surface area contributed by atoms with Crippen LogP contribution in [0.1, 0.15) is 50.2 Å². The van der Waals surface area contributed by atoms with Gasteiger partial charge in [0.15, 0.2) is 0 Å². The highest BCUT2D eigenvalue weighted by molar-refractivity contribution is 7.92. The predicted octanol–water partition coefficient (Wildman–Crippen LogP) is 5.00. The number of hydrogen-bond acceptors (Lipinski definition) is 5. The smallest absolute Gasteiger partial charge is 0.416 e. The lowest BCUT2D eigenvalue weighted by Crippen LogP contribution is -2.53. The first-order chi connectivity index (χ1) is 18.7. The number of alkyl halides is 3. The second-order valence-electron chi connectivity index (χ2n) is 9.82. The number of anilines is 1. The number of nitrogens with one attached hydrogen (secondary N) is 1. The van der Waals surface area contributed by atoms with Gasteiger partial charge in [0.25, 0.3) is 0 Å². The minimum atomic E-state index is -4.77. The van der Waals surface area contributed by atoms with Crippen LogP contribution in [0.2, 0.25) is 5.02 Å². The van der Waals surface area contributed by atoms with E-state index in [0.29, 0.717) is 21.7 Å². The molecule has 1 N–H and O–H groups in total. The van der Waals surface area contributed by atoms with E-state index < -0.39 is 51.9 Å². The van der Waals surface area contributed by atoms with Crippen molar-refractivity contribution in [2.45, 2.75) is 63.8 Å². The van der Waals surface area contributed by atoms with Crippen molar-refractivity contribution < 1.29 is 35.9 Å². The van der Waals surface area contributed by atoms with Crippen molar-refractivity contribution in [2.75, 3.05) is 24.2 Å². The molecule has 1 saturated carbocycles. The Kier molecular flexibility index (Phi) is 10.3. The van der Waals surface area contributed by atoms with Gasteiger partial charge in [-0.25, -0.2) is 8.42 Å². The van der Waals surface area contributed by atoms with Gasteiger partial charge in [0.1, 0.15) is 18.3 Å². The molecular formula is C27H33ClF3N3O5S. The Morgan fingerprint density at radius 1 is 1.10 bits per heavy atom. The summed E-state index contributed by atoms with van der Waals surface area (Å²) in [6.07, 6.45) is 0.692. The van der Waals surface area contributed by atoms with Gasteiger partial charge in [-0.1, -0.05) is 43.0 Å². The van der Waals surface area contributed by atoms with Crippen molar-refractivity contribution in [3.8, 4) is 5.75 Å². The second kappa shape index (κ2) is 13.1. The molecular weight excluding hydrogens is 571 g/mol. The fourth-order valence-electron chi connectivity index (χ4n) is 4.55. The van der Waals surface area contributed by atoms with Crippen LogP contribution < -0.4 is 14.4 Å². The van der Waals surface area contributed by atoms with Gasteiger partial charge in [0.2, 0.25) is 21.8 Å². The topological polar surface area (TPSA) is 96.0 Å². The Morgan fingerprint density at radius 3 is 2.27 bits per heavy atom. The number of benzene rings is 2. The lowest BCUT2D eigenvalue weighted by molar-refractivity contribution is -0.139. The molecule has 3 rings (SSSR count). The SMILES string of the molecule is COc1ccc(CN(C(=O)CN(c2cc(C(F)(F)F)ccc2Cl)S(C)(=O)=O)[C@H](C)C(=O)NC2CCCCC2)cc1. The molecule has 1 aliphatic rings. The first kappa shape index (κ1) is 31.5. The minimum absolute atomic E-state index is 0.0296. The molecule has 1 atom stereocenters. The summed E-state index contributed by atoms with van der Waals surface area (Å²) in [5.74, 6) is -0.620. The fourth-order valence-corrected chi connectivity index (χ4v) is 5.68. The van der Waals surface area contributed by atoms with Crippen LogP contribution in [-0.4, -0.2) is 57.1 Å². The van der Waals surface area contributed by atoms with Crippen molar-refractivity contribution in [1.82, 2.24) is 10.2 Å².